The largest absolute Gasteiger partial charge is 0.493 e. The number of amides is 2. The number of sulfonamides is 1. The molecule has 9 nitrogen and oxygen atoms in total. The van der Waals surface area contributed by atoms with Gasteiger partial charge in [-0.05, 0) is 85.3 Å². The highest BCUT2D eigenvalue weighted by atomic mass is 79.9. The Morgan fingerprint density at radius 1 is 0.840 bits per heavy atom. The molecule has 0 radical (unpaired) electrons. The Labute approximate surface area is 303 Å². The molecule has 0 unspecified atom stereocenters. The molecule has 4 aromatic rings. The summed E-state index contributed by atoms with van der Waals surface area (Å²) < 4.78 is 41.9. The summed E-state index contributed by atoms with van der Waals surface area (Å²) in [6.07, 6.45) is 4.10. The zero-order chi connectivity index (χ0) is 35.8. The van der Waals surface area contributed by atoms with E-state index in [4.69, 9.17) is 9.47 Å². The molecule has 1 atom stereocenters. The minimum Gasteiger partial charge on any atom is -0.493 e. The van der Waals surface area contributed by atoms with E-state index in [-0.39, 0.29) is 35.6 Å². The fraction of sp³-hybridized carbons (Fsp3) is 0.333. The molecule has 0 heterocycles. The predicted octanol–water partition coefficient (Wildman–Crippen LogP) is 6.98. The third-order valence-electron chi connectivity index (χ3n) is 8.96. The van der Waals surface area contributed by atoms with Crippen LogP contribution in [0.25, 0.3) is 0 Å². The summed E-state index contributed by atoms with van der Waals surface area (Å²) >= 11 is 3.48. The highest BCUT2D eigenvalue weighted by molar-refractivity contribution is 9.10. The number of nitrogens with zero attached hydrogens (tertiary/aromatic N) is 2. The number of methoxy groups -OCH3 is 2. The van der Waals surface area contributed by atoms with Crippen LogP contribution in [0.1, 0.15) is 47.9 Å². The zero-order valence-corrected chi connectivity index (χ0v) is 31.3. The van der Waals surface area contributed by atoms with E-state index in [9.17, 15) is 18.0 Å². The van der Waals surface area contributed by atoms with Gasteiger partial charge in [0.15, 0.2) is 11.5 Å². The van der Waals surface area contributed by atoms with E-state index in [2.05, 4.69) is 21.2 Å². The van der Waals surface area contributed by atoms with Crippen molar-refractivity contribution in [3.63, 3.8) is 0 Å². The van der Waals surface area contributed by atoms with Crippen LogP contribution in [-0.4, -0.2) is 58.0 Å². The number of carbonyl (C=O) groups is 2. The van der Waals surface area contributed by atoms with E-state index in [0.29, 0.717) is 11.4 Å². The lowest BCUT2D eigenvalue weighted by molar-refractivity contribution is -0.140. The van der Waals surface area contributed by atoms with Gasteiger partial charge in [-0.3, -0.25) is 13.9 Å². The van der Waals surface area contributed by atoms with Gasteiger partial charge in [-0.2, -0.15) is 0 Å². The van der Waals surface area contributed by atoms with E-state index in [1.54, 1.807) is 12.1 Å². The number of rotatable bonds is 14. The van der Waals surface area contributed by atoms with Gasteiger partial charge in [0, 0.05) is 29.5 Å². The van der Waals surface area contributed by atoms with Crippen LogP contribution in [0, 0.1) is 13.8 Å². The van der Waals surface area contributed by atoms with Crippen molar-refractivity contribution < 1.29 is 27.5 Å². The van der Waals surface area contributed by atoms with E-state index in [0.717, 1.165) is 56.7 Å². The zero-order valence-electron chi connectivity index (χ0n) is 28.9. The molecule has 11 heteroatoms. The molecule has 1 saturated carbocycles. The van der Waals surface area contributed by atoms with Crippen molar-refractivity contribution in [1.29, 1.82) is 0 Å². The van der Waals surface area contributed by atoms with Gasteiger partial charge in [0.2, 0.25) is 11.8 Å². The van der Waals surface area contributed by atoms with Gasteiger partial charge in [0.25, 0.3) is 10.0 Å². The standard InChI is InChI=1S/C39H44BrN3O6S/c1-27-20-28(2)22-33(21-27)43(50(46,47)34-18-19-36(48-3)37(24-34)49-4)26-38(44)42(25-30-14-16-31(40)17-15-30)35(23-29-10-6-5-7-11-29)39(45)41-32-12-8-9-13-32/h5-7,10-11,14-22,24,32,35H,8-9,12-13,23,25-26H2,1-4H3,(H,41,45)/t35-/m1/s1. The Kier molecular flexibility index (Phi) is 12.2. The molecule has 0 bridgehead atoms. The third-order valence-corrected chi connectivity index (χ3v) is 11.3. The lowest BCUT2D eigenvalue weighted by atomic mass is 10.0. The summed E-state index contributed by atoms with van der Waals surface area (Å²) in [6.45, 7) is 3.31. The van der Waals surface area contributed by atoms with E-state index in [1.165, 1.54) is 37.3 Å². The van der Waals surface area contributed by atoms with Crippen LogP contribution in [0.15, 0.2) is 100 Å². The molecular weight excluding hydrogens is 718 g/mol. The predicted molar refractivity (Wildman–Crippen MR) is 199 cm³/mol. The SMILES string of the molecule is COc1ccc(S(=O)(=O)N(CC(=O)N(Cc2ccc(Br)cc2)[C@H](Cc2ccccc2)C(=O)NC2CCCC2)c2cc(C)cc(C)c2)cc1OC. The number of carbonyl (C=O) groups excluding carboxylic acids is 2. The van der Waals surface area contributed by atoms with E-state index in [1.807, 2.05) is 74.5 Å². The summed E-state index contributed by atoms with van der Waals surface area (Å²) in [6, 6.07) is 26.0. The van der Waals surface area contributed by atoms with Gasteiger partial charge in [-0.25, -0.2) is 8.42 Å². The molecule has 1 N–H and O–H groups in total. The van der Waals surface area contributed by atoms with Crippen molar-refractivity contribution in [3.8, 4) is 11.5 Å². The molecule has 0 aromatic heterocycles. The molecule has 5 rings (SSSR count). The maximum atomic E-state index is 14.8. The van der Waals surface area contributed by atoms with Crippen LogP contribution >= 0.6 is 15.9 Å². The molecule has 1 aliphatic carbocycles. The molecule has 0 saturated heterocycles. The second-order valence-corrected chi connectivity index (χ2v) is 15.5. The Hall–Kier alpha value is -4.35. The Morgan fingerprint density at radius 2 is 1.48 bits per heavy atom. The maximum absolute atomic E-state index is 14.8. The molecule has 50 heavy (non-hydrogen) atoms. The van der Waals surface area contributed by atoms with Crippen LogP contribution in [-0.2, 0) is 32.6 Å². The first-order valence-electron chi connectivity index (χ1n) is 16.7. The highest BCUT2D eigenvalue weighted by Crippen LogP contribution is 2.33. The third kappa shape index (κ3) is 9.05. The molecule has 0 aliphatic heterocycles. The second kappa shape index (κ2) is 16.6. The minimum absolute atomic E-state index is 0.0302. The quantitative estimate of drug-likeness (QED) is 0.149. The Balaban J connectivity index is 1.60. The van der Waals surface area contributed by atoms with Crippen molar-refractivity contribution in [3.05, 3.63) is 118 Å². The molecule has 2 amide bonds. The van der Waals surface area contributed by atoms with Crippen molar-refractivity contribution in [1.82, 2.24) is 10.2 Å². The van der Waals surface area contributed by atoms with Crippen molar-refractivity contribution in [2.24, 2.45) is 0 Å². The van der Waals surface area contributed by atoms with Crippen LogP contribution in [0.5, 0.6) is 11.5 Å². The number of aryl methyl sites for hydroxylation is 2. The average molecular weight is 763 g/mol. The van der Waals surface area contributed by atoms with Crippen LogP contribution in [0.2, 0.25) is 0 Å². The van der Waals surface area contributed by atoms with Gasteiger partial charge < -0.3 is 19.7 Å². The average Bonchev–Trinajstić information content (AvgIpc) is 3.62. The highest BCUT2D eigenvalue weighted by Gasteiger charge is 2.36. The van der Waals surface area contributed by atoms with Crippen molar-refractivity contribution >= 4 is 43.5 Å². The van der Waals surface area contributed by atoms with Crippen LogP contribution in [0.4, 0.5) is 5.69 Å². The fourth-order valence-corrected chi connectivity index (χ4v) is 8.11. The Morgan fingerprint density at radius 3 is 2.10 bits per heavy atom. The smallest absolute Gasteiger partial charge is 0.264 e. The first-order chi connectivity index (χ1) is 24.0. The summed E-state index contributed by atoms with van der Waals surface area (Å²) in [5, 5.41) is 3.21. The fourth-order valence-electron chi connectivity index (χ4n) is 6.44. The van der Waals surface area contributed by atoms with Gasteiger partial charge in [-0.1, -0.05) is 77.3 Å². The topological polar surface area (TPSA) is 105 Å². The van der Waals surface area contributed by atoms with Crippen LogP contribution < -0.4 is 19.1 Å². The normalized spacial score (nSPS) is 13.8. The lowest BCUT2D eigenvalue weighted by Crippen LogP contribution is -2.54. The lowest BCUT2D eigenvalue weighted by Gasteiger charge is -2.34. The van der Waals surface area contributed by atoms with Gasteiger partial charge >= 0.3 is 0 Å². The van der Waals surface area contributed by atoms with Crippen LogP contribution in [0.3, 0.4) is 0 Å². The molecule has 4 aromatic carbocycles. The number of hydrogen-bond donors (Lipinski definition) is 1. The van der Waals surface area contributed by atoms with Gasteiger partial charge in [0.05, 0.1) is 24.8 Å². The number of benzene rings is 4. The minimum atomic E-state index is -4.33. The maximum Gasteiger partial charge on any atom is 0.264 e. The van der Waals surface area contributed by atoms with Gasteiger partial charge in [0.1, 0.15) is 12.6 Å². The van der Waals surface area contributed by atoms with E-state index >= 15 is 0 Å². The Bertz CT molecular complexity index is 1880. The monoisotopic (exact) mass is 761 g/mol. The molecule has 264 valence electrons. The number of hydrogen-bond acceptors (Lipinski definition) is 6. The molecular formula is C39H44BrN3O6S. The van der Waals surface area contributed by atoms with E-state index < -0.39 is 28.5 Å². The molecule has 0 spiro atoms. The number of nitrogens with one attached hydrogen (secondary N) is 1. The summed E-state index contributed by atoms with van der Waals surface area (Å²) in [5.41, 5.74) is 3.70. The molecule has 1 fully saturated rings. The summed E-state index contributed by atoms with van der Waals surface area (Å²) in [5.74, 6) is -0.160. The summed E-state index contributed by atoms with van der Waals surface area (Å²) in [4.78, 5) is 30.5. The number of anilines is 1. The number of ether oxygens (including phenoxy) is 2. The van der Waals surface area contributed by atoms with Gasteiger partial charge in [-0.15, -0.1) is 0 Å². The van der Waals surface area contributed by atoms with Crippen molar-refractivity contribution in [2.45, 2.75) is 69.5 Å². The molecule has 1 aliphatic rings. The van der Waals surface area contributed by atoms with Crippen molar-refractivity contribution in [2.75, 3.05) is 25.1 Å². The first-order valence-corrected chi connectivity index (χ1v) is 18.9. The summed E-state index contributed by atoms with van der Waals surface area (Å²) in [7, 11) is -1.43. The number of halogens is 1. The first kappa shape index (κ1) is 36.9. The second-order valence-electron chi connectivity index (χ2n) is 12.7.